The van der Waals surface area contributed by atoms with Crippen LogP contribution in [-0.4, -0.2) is 43.5 Å². The molecule has 1 aromatic heterocycles. The van der Waals surface area contributed by atoms with E-state index in [0.29, 0.717) is 28.5 Å². The molecule has 1 aliphatic rings. The van der Waals surface area contributed by atoms with Crippen molar-refractivity contribution < 1.29 is 28.2 Å². The number of rotatable bonds is 7. The van der Waals surface area contributed by atoms with E-state index in [1.807, 2.05) is 12.1 Å². The molecule has 0 saturated carbocycles. The first-order valence-corrected chi connectivity index (χ1v) is 9.76. The lowest BCUT2D eigenvalue weighted by atomic mass is 10.1. The second kappa shape index (κ2) is 9.25. The molecule has 32 heavy (non-hydrogen) atoms. The molecule has 0 fully saturated rings. The monoisotopic (exact) mass is 435 g/mol. The van der Waals surface area contributed by atoms with Gasteiger partial charge >= 0.3 is 6.09 Å². The third-order valence-electron chi connectivity index (χ3n) is 4.83. The molecule has 164 valence electrons. The fraction of sp³-hybridized carbons (Fsp3) is 0.174. The SMILES string of the molecule is COc1ccc(C2=NN(Cc3ccccc3NC(=O)c3ccco3)C(=O)OC2)cc1OC. The van der Waals surface area contributed by atoms with Gasteiger partial charge in [0.2, 0.25) is 0 Å². The lowest BCUT2D eigenvalue weighted by Crippen LogP contribution is -2.35. The molecule has 9 nitrogen and oxygen atoms in total. The Kier molecular flexibility index (Phi) is 6.07. The highest BCUT2D eigenvalue weighted by molar-refractivity contribution is 6.04. The van der Waals surface area contributed by atoms with E-state index in [1.165, 1.54) is 11.3 Å². The van der Waals surface area contributed by atoms with Gasteiger partial charge in [-0.05, 0) is 42.0 Å². The summed E-state index contributed by atoms with van der Waals surface area (Å²) in [6.45, 7) is 0.131. The third kappa shape index (κ3) is 4.41. The van der Waals surface area contributed by atoms with Gasteiger partial charge in [-0.25, -0.2) is 4.79 Å². The Hall–Kier alpha value is -4.27. The molecular weight excluding hydrogens is 414 g/mol. The summed E-state index contributed by atoms with van der Waals surface area (Å²) in [5.74, 6) is 0.925. The smallest absolute Gasteiger partial charge is 0.431 e. The molecule has 9 heteroatoms. The van der Waals surface area contributed by atoms with Crippen molar-refractivity contribution in [2.45, 2.75) is 6.54 Å². The Morgan fingerprint density at radius 3 is 2.66 bits per heavy atom. The number of hydrazone groups is 1. The molecule has 2 aromatic carbocycles. The number of amides is 2. The van der Waals surface area contributed by atoms with Crippen molar-refractivity contribution in [2.75, 3.05) is 26.1 Å². The summed E-state index contributed by atoms with van der Waals surface area (Å²) in [6.07, 6.45) is 0.844. The van der Waals surface area contributed by atoms with Gasteiger partial charge in [0.1, 0.15) is 12.3 Å². The minimum Gasteiger partial charge on any atom is -0.493 e. The Morgan fingerprint density at radius 2 is 1.91 bits per heavy atom. The fourth-order valence-electron chi connectivity index (χ4n) is 3.21. The van der Waals surface area contributed by atoms with Crippen molar-refractivity contribution in [3.05, 3.63) is 77.7 Å². The molecule has 0 atom stereocenters. The maximum absolute atomic E-state index is 12.4. The molecule has 3 aromatic rings. The Labute approximate surface area is 184 Å². The summed E-state index contributed by atoms with van der Waals surface area (Å²) in [7, 11) is 3.10. The van der Waals surface area contributed by atoms with Crippen LogP contribution in [0.2, 0.25) is 0 Å². The van der Waals surface area contributed by atoms with E-state index in [-0.39, 0.29) is 18.9 Å². The van der Waals surface area contributed by atoms with Crippen molar-refractivity contribution in [3.8, 4) is 11.5 Å². The Bertz CT molecular complexity index is 1160. The van der Waals surface area contributed by atoms with Crippen molar-refractivity contribution in [1.82, 2.24) is 5.01 Å². The van der Waals surface area contributed by atoms with Crippen LogP contribution < -0.4 is 14.8 Å². The van der Waals surface area contributed by atoms with E-state index >= 15 is 0 Å². The minimum atomic E-state index is -0.582. The quantitative estimate of drug-likeness (QED) is 0.604. The summed E-state index contributed by atoms with van der Waals surface area (Å²) in [6, 6.07) is 15.7. The first kappa shape index (κ1) is 21.0. The average Bonchev–Trinajstić information content (AvgIpc) is 3.36. The van der Waals surface area contributed by atoms with Crippen molar-refractivity contribution in [1.29, 1.82) is 0 Å². The van der Waals surface area contributed by atoms with Crippen molar-refractivity contribution in [3.63, 3.8) is 0 Å². The number of anilines is 1. The molecule has 0 unspecified atom stereocenters. The average molecular weight is 435 g/mol. The number of hydrogen-bond donors (Lipinski definition) is 1. The number of nitrogens with one attached hydrogen (secondary N) is 1. The lowest BCUT2D eigenvalue weighted by Gasteiger charge is -2.24. The van der Waals surface area contributed by atoms with Crippen LogP contribution in [0.4, 0.5) is 10.5 Å². The predicted molar refractivity (Wildman–Crippen MR) is 116 cm³/mol. The molecule has 4 rings (SSSR count). The number of benzene rings is 2. The summed E-state index contributed by atoms with van der Waals surface area (Å²) in [5.41, 5.74) is 2.51. The number of nitrogens with zero attached hydrogens (tertiary/aromatic N) is 2. The van der Waals surface area contributed by atoms with E-state index in [0.717, 1.165) is 5.56 Å². The topological polar surface area (TPSA) is 103 Å². The molecule has 0 spiro atoms. The first-order chi connectivity index (χ1) is 15.6. The van der Waals surface area contributed by atoms with Gasteiger partial charge in [-0.1, -0.05) is 18.2 Å². The molecule has 1 N–H and O–H groups in total. The van der Waals surface area contributed by atoms with E-state index in [2.05, 4.69) is 10.4 Å². The van der Waals surface area contributed by atoms with Gasteiger partial charge in [-0.2, -0.15) is 10.1 Å². The van der Waals surface area contributed by atoms with Gasteiger partial charge in [0.15, 0.2) is 17.3 Å². The van der Waals surface area contributed by atoms with Crippen LogP contribution in [0.3, 0.4) is 0 Å². The van der Waals surface area contributed by atoms with Gasteiger partial charge in [-0.3, -0.25) is 4.79 Å². The van der Waals surface area contributed by atoms with E-state index in [9.17, 15) is 9.59 Å². The van der Waals surface area contributed by atoms with Gasteiger partial charge < -0.3 is 23.9 Å². The zero-order valence-corrected chi connectivity index (χ0v) is 17.5. The second-order valence-corrected chi connectivity index (χ2v) is 6.82. The van der Waals surface area contributed by atoms with E-state index < -0.39 is 12.0 Å². The summed E-state index contributed by atoms with van der Waals surface area (Å²) in [4.78, 5) is 24.7. The highest BCUT2D eigenvalue weighted by Crippen LogP contribution is 2.29. The predicted octanol–water partition coefficient (Wildman–Crippen LogP) is 3.91. The van der Waals surface area contributed by atoms with Crippen LogP contribution >= 0.6 is 0 Å². The van der Waals surface area contributed by atoms with Gasteiger partial charge in [0, 0.05) is 11.3 Å². The van der Waals surface area contributed by atoms with Crippen LogP contribution in [0.15, 0.2) is 70.4 Å². The second-order valence-electron chi connectivity index (χ2n) is 6.82. The van der Waals surface area contributed by atoms with E-state index in [4.69, 9.17) is 18.6 Å². The molecule has 2 heterocycles. The van der Waals surface area contributed by atoms with Crippen molar-refractivity contribution >= 4 is 23.4 Å². The number of ether oxygens (including phenoxy) is 3. The standard InChI is InChI=1S/C23H21N3O6/c1-29-19-10-9-15(12-21(19)30-2)18-14-32-23(28)26(25-18)13-16-6-3-4-7-17(16)24-22(27)20-8-5-11-31-20/h3-12H,13-14H2,1-2H3,(H,24,27). The van der Waals surface area contributed by atoms with Crippen LogP contribution in [0.1, 0.15) is 21.7 Å². The van der Waals surface area contributed by atoms with Crippen LogP contribution in [0.5, 0.6) is 11.5 Å². The highest BCUT2D eigenvalue weighted by Gasteiger charge is 2.25. The number of furan rings is 1. The third-order valence-corrected chi connectivity index (χ3v) is 4.83. The van der Waals surface area contributed by atoms with Crippen molar-refractivity contribution in [2.24, 2.45) is 5.10 Å². The van der Waals surface area contributed by atoms with Gasteiger partial charge in [0.05, 0.1) is 27.0 Å². The fourth-order valence-corrected chi connectivity index (χ4v) is 3.21. The van der Waals surface area contributed by atoms with E-state index in [1.54, 1.807) is 56.7 Å². The van der Waals surface area contributed by atoms with Gasteiger partial charge in [0.25, 0.3) is 5.91 Å². The largest absolute Gasteiger partial charge is 0.493 e. The maximum atomic E-state index is 12.4. The number of carbonyl (C=O) groups is 2. The molecular formula is C23H21N3O6. The molecule has 0 saturated heterocycles. The lowest BCUT2D eigenvalue weighted by molar-refractivity contribution is 0.0996. The zero-order valence-electron chi connectivity index (χ0n) is 17.5. The molecule has 2 amide bonds. The maximum Gasteiger partial charge on any atom is 0.431 e. The minimum absolute atomic E-state index is 0.0295. The zero-order chi connectivity index (χ0) is 22.5. The molecule has 0 aliphatic carbocycles. The first-order valence-electron chi connectivity index (χ1n) is 9.76. The van der Waals surface area contributed by atoms with Gasteiger partial charge in [-0.15, -0.1) is 0 Å². The highest BCUT2D eigenvalue weighted by atomic mass is 16.6. The number of hydrogen-bond acceptors (Lipinski definition) is 7. The number of cyclic esters (lactones) is 1. The summed E-state index contributed by atoms with van der Waals surface area (Å²) >= 11 is 0. The van der Waals surface area contributed by atoms with Crippen LogP contribution in [0.25, 0.3) is 0 Å². The number of methoxy groups -OCH3 is 2. The molecule has 1 aliphatic heterocycles. The summed E-state index contributed by atoms with van der Waals surface area (Å²) in [5, 5.41) is 8.49. The molecule has 0 radical (unpaired) electrons. The Morgan fingerprint density at radius 1 is 1.09 bits per heavy atom. The Balaban J connectivity index is 1.58. The summed E-state index contributed by atoms with van der Waals surface area (Å²) < 4.78 is 21.1. The van der Waals surface area contributed by atoms with Crippen LogP contribution in [-0.2, 0) is 11.3 Å². The number of para-hydroxylation sites is 1. The molecule has 0 bridgehead atoms. The normalized spacial score (nSPS) is 13.2. The number of carbonyl (C=O) groups excluding carboxylic acids is 2. The van der Waals surface area contributed by atoms with Crippen LogP contribution in [0, 0.1) is 0 Å².